The average molecular weight is 293 g/mol. The maximum absolute atomic E-state index is 5.76. The number of halogens is 1. The maximum atomic E-state index is 5.76. The van der Waals surface area contributed by atoms with Crippen molar-refractivity contribution in [1.29, 1.82) is 0 Å². The number of rotatable bonds is 3. The summed E-state index contributed by atoms with van der Waals surface area (Å²) >= 11 is 5.76. The van der Waals surface area contributed by atoms with Crippen LogP contribution in [-0.4, -0.2) is 30.1 Å². The topological polar surface area (TPSA) is 15.3 Å². The summed E-state index contributed by atoms with van der Waals surface area (Å²) in [5.41, 5.74) is 3.04. The molecule has 2 aliphatic rings. The zero-order valence-electron chi connectivity index (χ0n) is 12.3. The largest absolute Gasteiger partial charge is 0.299 e. The first-order valence-electron chi connectivity index (χ1n) is 7.93. The molecule has 2 fully saturated rings. The van der Waals surface area contributed by atoms with Gasteiger partial charge < -0.3 is 0 Å². The molecule has 2 nitrogen and oxygen atoms in total. The summed E-state index contributed by atoms with van der Waals surface area (Å²) in [6.45, 7) is 4.59. The van der Waals surface area contributed by atoms with E-state index < -0.39 is 0 Å². The lowest BCUT2D eigenvalue weighted by Gasteiger charge is -2.35. The Kier molecular flexibility index (Phi) is 4.65. The molecule has 0 bridgehead atoms. The predicted molar refractivity (Wildman–Crippen MR) is 85.1 cm³/mol. The summed E-state index contributed by atoms with van der Waals surface area (Å²) in [6, 6.07) is 10.2. The van der Waals surface area contributed by atoms with Gasteiger partial charge in [-0.25, -0.2) is 4.84 Å². The Morgan fingerprint density at radius 3 is 2.50 bits per heavy atom. The number of hydrogen-bond donors (Lipinski definition) is 1. The Labute approximate surface area is 127 Å². The van der Waals surface area contributed by atoms with Crippen LogP contribution in [0.1, 0.15) is 49.1 Å². The fourth-order valence-electron chi connectivity index (χ4n) is 4.00. The van der Waals surface area contributed by atoms with E-state index in [0.717, 1.165) is 18.5 Å². The molecule has 1 unspecified atom stereocenters. The van der Waals surface area contributed by atoms with Crippen LogP contribution < -0.4 is 4.84 Å². The highest BCUT2D eigenvalue weighted by molar-refractivity contribution is 6.13. The average Bonchev–Trinajstić information content (AvgIpc) is 2.97. The van der Waals surface area contributed by atoms with Crippen molar-refractivity contribution in [1.82, 2.24) is 9.74 Å². The van der Waals surface area contributed by atoms with Crippen LogP contribution in [0.3, 0.4) is 0 Å². The quantitative estimate of drug-likeness (QED) is 0.852. The zero-order chi connectivity index (χ0) is 13.9. The fraction of sp³-hybridized carbons (Fsp3) is 0.647. The van der Waals surface area contributed by atoms with E-state index in [-0.39, 0.29) is 0 Å². The molecule has 0 amide bonds. The first kappa shape index (κ1) is 14.4. The first-order chi connectivity index (χ1) is 9.78. The lowest BCUT2D eigenvalue weighted by molar-refractivity contribution is 0.179. The number of benzene rings is 1. The summed E-state index contributed by atoms with van der Waals surface area (Å²) < 4.78 is 0. The van der Waals surface area contributed by atoms with Gasteiger partial charge in [0.25, 0.3) is 0 Å². The van der Waals surface area contributed by atoms with Crippen molar-refractivity contribution in [3.63, 3.8) is 0 Å². The van der Waals surface area contributed by atoms with Crippen molar-refractivity contribution >= 4 is 11.8 Å². The fourth-order valence-corrected chi connectivity index (χ4v) is 4.18. The van der Waals surface area contributed by atoms with Crippen LogP contribution in [0.25, 0.3) is 0 Å². The Morgan fingerprint density at radius 1 is 1.10 bits per heavy atom. The molecular formula is C17H25ClN2. The van der Waals surface area contributed by atoms with Crippen LogP contribution in [0.15, 0.2) is 24.3 Å². The second kappa shape index (κ2) is 6.46. The molecule has 1 aliphatic heterocycles. The molecule has 0 radical (unpaired) electrons. The van der Waals surface area contributed by atoms with E-state index in [9.17, 15) is 0 Å². The number of nitrogens with one attached hydrogen (secondary N) is 1. The third-order valence-electron chi connectivity index (χ3n) is 5.22. The summed E-state index contributed by atoms with van der Waals surface area (Å²) in [4.78, 5) is 5.55. The van der Waals surface area contributed by atoms with E-state index in [0.29, 0.717) is 6.04 Å². The second-order valence-electron chi connectivity index (χ2n) is 6.45. The molecule has 1 aliphatic carbocycles. The van der Waals surface area contributed by atoms with Gasteiger partial charge in [0.2, 0.25) is 0 Å². The van der Waals surface area contributed by atoms with Crippen LogP contribution in [0, 0.1) is 6.92 Å². The van der Waals surface area contributed by atoms with Crippen LogP contribution in [-0.2, 0) is 0 Å². The van der Waals surface area contributed by atoms with E-state index in [1.54, 1.807) is 5.56 Å². The molecule has 1 atom stereocenters. The summed E-state index contributed by atoms with van der Waals surface area (Å²) in [6.07, 6.45) is 6.55. The van der Waals surface area contributed by atoms with Gasteiger partial charge in [-0.2, -0.15) is 0 Å². The maximum Gasteiger partial charge on any atom is 0.0360 e. The van der Waals surface area contributed by atoms with Gasteiger partial charge in [0.05, 0.1) is 0 Å². The minimum Gasteiger partial charge on any atom is -0.299 e. The van der Waals surface area contributed by atoms with Crippen molar-refractivity contribution < 1.29 is 0 Å². The smallest absolute Gasteiger partial charge is 0.0360 e. The van der Waals surface area contributed by atoms with E-state index in [1.165, 1.54) is 44.2 Å². The minimum absolute atomic E-state index is 0.491. The van der Waals surface area contributed by atoms with Gasteiger partial charge in [-0.05, 0) is 67.8 Å². The van der Waals surface area contributed by atoms with Gasteiger partial charge in [-0.15, -0.1) is 0 Å². The molecule has 1 aromatic carbocycles. The molecule has 0 spiro atoms. The number of hydrogen-bond acceptors (Lipinski definition) is 2. The van der Waals surface area contributed by atoms with E-state index in [2.05, 4.69) is 40.9 Å². The van der Waals surface area contributed by atoms with Gasteiger partial charge in [0.1, 0.15) is 0 Å². The van der Waals surface area contributed by atoms with Crippen LogP contribution >= 0.6 is 11.8 Å². The standard InChI is InChI=1S/C17H25ClN2/c1-13-4-2-3-5-17(13)14-6-8-16(9-7-14)20-11-10-15(12-20)19-18/h2-5,14-16,19H,6-12H2,1H3. The SMILES string of the molecule is Cc1ccccc1C1CCC(N2CCC(NCl)C2)CC1. The van der Waals surface area contributed by atoms with E-state index in [1.807, 2.05) is 0 Å². The lowest BCUT2D eigenvalue weighted by atomic mass is 9.80. The van der Waals surface area contributed by atoms with Crippen molar-refractivity contribution in [3.05, 3.63) is 35.4 Å². The van der Waals surface area contributed by atoms with Gasteiger partial charge in [0, 0.05) is 25.2 Å². The van der Waals surface area contributed by atoms with Gasteiger partial charge in [-0.1, -0.05) is 24.3 Å². The Hall–Kier alpha value is -0.570. The molecular weight excluding hydrogens is 268 g/mol. The Balaban J connectivity index is 1.56. The first-order valence-corrected chi connectivity index (χ1v) is 8.31. The zero-order valence-corrected chi connectivity index (χ0v) is 13.1. The van der Waals surface area contributed by atoms with Gasteiger partial charge in [-0.3, -0.25) is 4.90 Å². The molecule has 110 valence electrons. The normalized spacial score (nSPS) is 31.6. The minimum atomic E-state index is 0.491. The van der Waals surface area contributed by atoms with E-state index in [4.69, 9.17) is 11.8 Å². The van der Waals surface area contributed by atoms with Crippen molar-refractivity contribution in [2.24, 2.45) is 0 Å². The predicted octanol–water partition coefficient (Wildman–Crippen LogP) is 3.84. The molecule has 1 saturated heterocycles. The van der Waals surface area contributed by atoms with E-state index >= 15 is 0 Å². The van der Waals surface area contributed by atoms with Crippen LogP contribution in [0.4, 0.5) is 0 Å². The van der Waals surface area contributed by atoms with Gasteiger partial charge >= 0.3 is 0 Å². The van der Waals surface area contributed by atoms with Crippen molar-refractivity contribution in [3.8, 4) is 0 Å². The Morgan fingerprint density at radius 2 is 1.85 bits per heavy atom. The summed E-state index contributed by atoms with van der Waals surface area (Å²) in [5.74, 6) is 0.775. The summed E-state index contributed by atoms with van der Waals surface area (Å²) in [5, 5.41) is 0. The molecule has 1 aromatic rings. The van der Waals surface area contributed by atoms with Crippen molar-refractivity contribution in [2.45, 2.75) is 57.0 Å². The third kappa shape index (κ3) is 3.03. The van der Waals surface area contributed by atoms with Crippen molar-refractivity contribution in [2.75, 3.05) is 13.1 Å². The molecule has 1 saturated carbocycles. The highest BCUT2D eigenvalue weighted by Gasteiger charge is 2.31. The Bertz CT molecular complexity index is 440. The number of likely N-dealkylation sites (tertiary alicyclic amines) is 1. The number of nitrogens with zero attached hydrogens (tertiary/aromatic N) is 1. The monoisotopic (exact) mass is 292 g/mol. The lowest BCUT2D eigenvalue weighted by Crippen LogP contribution is -2.37. The third-order valence-corrected chi connectivity index (χ3v) is 5.52. The molecule has 20 heavy (non-hydrogen) atoms. The molecule has 1 heterocycles. The van der Waals surface area contributed by atoms with Crippen LogP contribution in [0.5, 0.6) is 0 Å². The van der Waals surface area contributed by atoms with Gasteiger partial charge in [0.15, 0.2) is 0 Å². The molecule has 3 rings (SSSR count). The molecule has 3 heteroatoms. The van der Waals surface area contributed by atoms with Crippen LogP contribution in [0.2, 0.25) is 0 Å². The molecule has 1 N–H and O–H groups in total. The highest BCUT2D eigenvalue weighted by Crippen LogP contribution is 2.36. The molecule has 0 aromatic heterocycles. The summed E-state index contributed by atoms with van der Waals surface area (Å²) in [7, 11) is 0. The highest BCUT2D eigenvalue weighted by atomic mass is 35.5. The number of aryl methyl sites for hydroxylation is 1. The second-order valence-corrected chi connectivity index (χ2v) is 6.67.